The van der Waals surface area contributed by atoms with E-state index >= 15 is 0 Å². The maximum atomic E-state index is 11.9. The van der Waals surface area contributed by atoms with Crippen molar-refractivity contribution in [2.45, 2.75) is 96.4 Å². The van der Waals surface area contributed by atoms with Crippen molar-refractivity contribution >= 4 is 6.09 Å². The molecule has 0 aromatic rings. The second-order valence-electron chi connectivity index (χ2n) is 8.26. The number of carbonyl (C=O) groups excluding carboxylic acids is 1. The smallest absolute Gasteiger partial charge is 0.407 e. The zero-order valence-electron chi connectivity index (χ0n) is 16.0. The number of likely N-dealkylation sites (tertiary alicyclic amines) is 1. The standard InChI is InChI=1S/C19H36N2O3/c1-5-14-23-17-8-6-16(7-9-17)21-12-10-15(11-13-21)20-18(22)24-19(2,3)4/h15-17H,5-14H2,1-4H3,(H,20,22). The number of nitrogens with zero attached hydrogens (tertiary/aromatic N) is 1. The molecule has 1 aliphatic heterocycles. The van der Waals surface area contributed by atoms with Crippen molar-refractivity contribution in [2.75, 3.05) is 19.7 Å². The lowest BCUT2D eigenvalue weighted by molar-refractivity contribution is 0.00262. The van der Waals surface area contributed by atoms with Gasteiger partial charge in [-0.15, -0.1) is 0 Å². The van der Waals surface area contributed by atoms with Gasteiger partial charge in [-0.3, -0.25) is 0 Å². The van der Waals surface area contributed by atoms with E-state index in [1.54, 1.807) is 0 Å². The lowest BCUT2D eigenvalue weighted by atomic mass is 9.90. The van der Waals surface area contributed by atoms with Crippen LogP contribution in [0.1, 0.15) is 72.6 Å². The molecule has 0 radical (unpaired) electrons. The number of rotatable bonds is 5. The molecule has 5 nitrogen and oxygen atoms in total. The Morgan fingerprint density at radius 2 is 1.71 bits per heavy atom. The van der Waals surface area contributed by atoms with Gasteiger partial charge in [-0.2, -0.15) is 0 Å². The third-order valence-corrected chi connectivity index (χ3v) is 4.97. The summed E-state index contributed by atoms with van der Waals surface area (Å²) in [4.78, 5) is 14.5. The van der Waals surface area contributed by atoms with Gasteiger partial charge in [0.2, 0.25) is 0 Å². The molecular formula is C19H36N2O3. The van der Waals surface area contributed by atoms with Crippen molar-refractivity contribution in [3.8, 4) is 0 Å². The molecule has 2 fully saturated rings. The lowest BCUT2D eigenvalue weighted by Crippen LogP contribution is -2.49. The number of hydrogen-bond donors (Lipinski definition) is 1. The molecule has 0 aromatic heterocycles. The van der Waals surface area contributed by atoms with Crippen molar-refractivity contribution in [3.63, 3.8) is 0 Å². The summed E-state index contributed by atoms with van der Waals surface area (Å²) < 4.78 is 11.2. The van der Waals surface area contributed by atoms with E-state index < -0.39 is 5.60 Å². The van der Waals surface area contributed by atoms with Gasteiger partial charge in [0.05, 0.1) is 6.10 Å². The largest absolute Gasteiger partial charge is 0.444 e. The fraction of sp³-hybridized carbons (Fsp3) is 0.947. The van der Waals surface area contributed by atoms with Crippen molar-refractivity contribution < 1.29 is 14.3 Å². The number of alkyl carbamates (subject to hydrolysis) is 1. The highest BCUT2D eigenvalue weighted by molar-refractivity contribution is 5.68. The molecule has 1 amide bonds. The van der Waals surface area contributed by atoms with Crippen LogP contribution in [0.15, 0.2) is 0 Å². The third-order valence-electron chi connectivity index (χ3n) is 4.97. The van der Waals surface area contributed by atoms with Crippen LogP contribution in [0.4, 0.5) is 4.79 Å². The number of nitrogens with one attached hydrogen (secondary N) is 1. The molecule has 140 valence electrons. The average molecular weight is 341 g/mol. The van der Waals surface area contributed by atoms with Gasteiger partial charge in [0, 0.05) is 31.8 Å². The quantitative estimate of drug-likeness (QED) is 0.829. The summed E-state index contributed by atoms with van der Waals surface area (Å²) >= 11 is 0. The normalized spacial score (nSPS) is 27.0. The van der Waals surface area contributed by atoms with Crippen molar-refractivity contribution in [3.05, 3.63) is 0 Å². The van der Waals surface area contributed by atoms with E-state index in [9.17, 15) is 4.79 Å². The second-order valence-corrected chi connectivity index (χ2v) is 8.26. The number of hydrogen-bond acceptors (Lipinski definition) is 4. The van der Waals surface area contributed by atoms with Gasteiger partial charge in [-0.1, -0.05) is 6.92 Å². The molecular weight excluding hydrogens is 304 g/mol. The summed E-state index contributed by atoms with van der Waals surface area (Å²) in [6, 6.07) is 0.953. The van der Waals surface area contributed by atoms with Crippen molar-refractivity contribution in [2.24, 2.45) is 0 Å². The molecule has 1 N–H and O–H groups in total. The summed E-state index contributed by atoms with van der Waals surface area (Å²) in [6.45, 7) is 10.9. The number of amides is 1. The molecule has 1 heterocycles. The van der Waals surface area contributed by atoms with Crippen LogP contribution in [0.25, 0.3) is 0 Å². The van der Waals surface area contributed by atoms with Crippen molar-refractivity contribution in [1.29, 1.82) is 0 Å². The Kier molecular flexibility index (Phi) is 7.35. The Morgan fingerprint density at radius 3 is 2.25 bits per heavy atom. The van der Waals surface area contributed by atoms with Gasteiger partial charge in [0.15, 0.2) is 0 Å². The SMILES string of the molecule is CCCOC1CCC(N2CCC(NC(=O)OC(C)(C)C)CC2)CC1. The molecule has 24 heavy (non-hydrogen) atoms. The second kappa shape index (κ2) is 9.04. The van der Waals surface area contributed by atoms with E-state index in [0.29, 0.717) is 12.1 Å². The monoisotopic (exact) mass is 340 g/mol. The highest BCUT2D eigenvalue weighted by Gasteiger charge is 2.30. The fourth-order valence-electron chi connectivity index (χ4n) is 3.74. The molecule has 0 aromatic carbocycles. The highest BCUT2D eigenvalue weighted by Crippen LogP contribution is 2.27. The maximum absolute atomic E-state index is 11.9. The van der Waals surface area contributed by atoms with Crippen LogP contribution < -0.4 is 5.32 Å². The minimum atomic E-state index is -0.427. The van der Waals surface area contributed by atoms with Crippen LogP contribution in [0.5, 0.6) is 0 Å². The first-order valence-electron chi connectivity index (χ1n) is 9.72. The predicted molar refractivity (Wildman–Crippen MR) is 96.3 cm³/mol. The molecule has 5 heteroatoms. The third kappa shape index (κ3) is 6.60. The number of carbonyl (C=O) groups is 1. The van der Waals surface area contributed by atoms with E-state index in [-0.39, 0.29) is 12.1 Å². The summed E-state index contributed by atoms with van der Waals surface area (Å²) in [7, 11) is 0. The Hall–Kier alpha value is -0.810. The number of piperidine rings is 1. The van der Waals surface area contributed by atoms with Gasteiger partial charge < -0.3 is 19.7 Å². The van der Waals surface area contributed by atoms with Crippen molar-refractivity contribution in [1.82, 2.24) is 10.2 Å². The van der Waals surface area contributed by atoms with Gasteiger partial charge in [0.1, 0.15) is 5.60 Å². The Labute approximate surface area is 147 Å². The molecule has 1 aliphatic carbocycles. The molecule has 2 rings (SSSR count). The molecule has 0 spiro atoms. The fourth-order valence-corrected chi connectivity index (χ4v) is 3.74. The van der Waals surface area contributed by atoms with E-state index in [0.717, 1.165) is 39.0 Å². The summed E-state index contributed by atoms with van der Waals surface area (Å²) in [5, 5.41) is 3.02. The zero-order chi connectivity index (χ0) is 17.6. The highest BCUT2D eigenvalue weighted by atomic mass is 16.6. The zero-order valence-corrected chi connectivity index (χ0v) is 16.0. The Bertz CT molecular complexity index is 379. The van der Waals surface area contributed by atoms with Crippen LogP contribution in [-0.4, -0.2) is 54.5 Å². The minimum absolute atomic E-state index is 0.250. The van der Waals surface area contributed by atoms with Crippen LogP contribution >= 0.6 is 0 Å². The van der Waals surface area contributed by atoms with Crippen LogP contribution in [0.3, 0.4) is 0 Å². The lowest BCUT2D eigenvalue weighted by Gasteiger charge is -2.40. The first-order chi connectivity index (χ1) is 11.4. The van der Waals surface area contributed by atoms with Gasteiger partial charge in [-0.05, 0) is 65.7 Å². The van der Waals surface area contributed by atoms with E-state index in [2.05, 4.69) is 17.1 Å². The van der Waals surface area contributed by atoms with Gasteiger partial charge in [0.25, 0.3) is 0 Å². The van der Waals surface area contributed by atoms with Crippen LogP contribution in [-0.2, 0) is 9.47 Å². The Morgan fingerprint density at radius 1 is 1.08 bits per heavy atom. The predicted octanol–water partition coefficient (Wildman–Crippen LogP) is 3.71. The first kappa shape index (κ1) is 19.5. The van der Waals surface area contributed by atoms with E-state index in [1.165, 1.54) is 25.7 Å². The first-order valence-corrected chi connectivity index (χ1v) is 9.72. The van der Waals surface area contributed by atoms with E-state index in [1.807, 2.05) is 20.8 Å². The molecule has 0 atom stereocenters. The molecule has 2 aliphatic rings. The van der Waals surface area contributed by atoms with E-state index in [4.69, 9.17) is 9.47 Å². The summed E-state index contributed by atoms with van der Waals surface area (Å²) in [5.74, 6) is 0. The summed E-state index contributed by atoms with van der Waals surface area (Å²) in [5.41, 5.74) is -0.427. The minimum Gasteiger partial charge on any atom is -0.444 e. The topological polar surface area (TPSA) is 50.8 Å². The molecule has 0 bridgehead atoms. The maximum Gasteiger partial charge on any atom is 0.407 e. The molecule has 1 saturated carbocycles. The van der Waals surface area contributed by atoms with Crippen LogP contribution in [0.2, 0.25) is 0 Å². The number of ether oxygens (including phenoxy) is 2. The molecule has 1 saturated heterocycles. The summed E-state index contributed by atoms with van der Waals surface area (Å²) in [6.07, 6.45) is 8.23. The Balaban J connectivity index is 1.65. The average Bonchev–Trinajstić information content (AvgIpc) is 2.52. The van der Waals surface area contributed by atoms with Gasteiger partial charge >= 0.3 is 6.09 Å². The van der Waals surface area contributed by atoms with Gasteiger partial charge in [-0.25, -0.2) is 4.79 Å². The molecule has 0 unspecified atom stereocenters. The van der Waals surface area contributed by atoms with Crippen LogP contribution in [0, 0.1) is 0 Å².